The minimum absolute atomic E-state index is 0.0540. The zero-order valence-corrected chi connectivity index (χ0v) is 14.8. The molecule has 0 saturated carbocycles. The van der Waals surface area contributed by atoms with Crippen molar-refractivity contribution in [1.29, 1.82) is 0 Å². The van der Waals surface area contributed by atoms with Gasteiger partial charge in [-0.05, 0) is 23.6 Å². The van der Waals surface area contributed by atoms with Gasteiger partial charge in [0.05, 0.1) is 26.6 Å². The van der Waals surface area contributed by atoms with E-state index in [2.05, 4.69) is 20.4 Å². The van der Waals surface area contributed by atoms with Gasteiger partial charge in [0.15, 0.2) is 5.82 Å². The van der Waals surface area contributed by atoms with Crippen LogP contribution < -0.4 is 5.32 Å². The smallest absolute Gasteiger partial charge is 0.268 e. The molecule has 1 aromatic carbocycles. The summed E-state index contributed by atoms with van der Waals surface area (Å²) in [7, 11) is 0. The van der Waals surface area contributed by atoms with E-state index in [0.29, 0.717) is 24.6 Å². The second kappa shape index (κ2) is 7.12. The normalized spacial score (nSPS) is 11.0. The maximum absolute atomic E-state index is 12.0. The molecule has 6 nitrogen and oxygen atoms in total. The molecule has 0 atom stereocenters. The minimum atomic E-state index is -0.0540. The van der Waals surface area contributed by atoms with Crippen molar-refractivity contribution in [2.45, 2.75) is 19.4 Å². The first kappa shape index (κ1) is 15.9. The zero-order valence-electron chi connectivity index (χ0n) is 13.1. The number of benzene rings is 1. The SMILES string of the molecule is O=C(CCc1nc2ccccc2s1)NCc1noc(-c2cccs2)n1. The Morgan fingerprint density at radius 2 is 2.08 bits per heavy atom. The molecule has 4 rings (SSSR count). The summed E-state index contributed by atoms with van der Waals surface area (Å²) < 4.78 is 6.34. The second-order valence-electron chi connectivity index (χ2n) is 5.35. The second-order valence-corrected chi connectivity index (χ2v) is 7.41. The number of amides is 1. The molecule has 3 heterocycles. The molecule has 0 radical (unpaired) electrons. The van der Waals surface area contributed by atoms with Crippen LogP contribution in [0.4, 0.5) is 0 Å². The van der Waals surface area contributed by atoms with Gasteiger partial charge in [-0.3, -0.25) is 4.79 Å². The molecule has 1 N–H and O–H groups in total. The van der Waals surface area contributed by atoms with Crippen LogP contribution in [0.25, 0.3) is 21.0 Å². The van der Waals surface area contributed by atoms with E-state index in [1.807, 2.05) is 41.8 Å². The predicted octanol–water partition coefficient (Wildman–Crippen LogP) is 3.66. The molecule has 1 amide bonds. The Bertz CT molecular complexity index is 958. The number of hydrogen-bond acceptors (Lipinski definition) is 7. The van der Waals surface area contributed by atoms with Crippen molar-refractivity contribution < 1.29 is 9.32 Å². The number of nitrogens with one attached hydrogen (secondary N) is 1. The first-order valence-corrected chi connectivity index (χ1v) is 9.45. The topological polar surface area (TPSA) is 80.9 Å². The molecule has 126 valence electrons. The Balaban J connectivity index is 1.29. The highest BCUT2D eigenvalue weighted by Gasteiger charge is 2.11. The molecule has 3 aromatic heterocycles. The summed E-state index contributed by atoms with van der Waals surface area (Å²) in [5, 5.41) is 9.62. The molecule has 0 aliphatic carbocycles. The third kappa shape index (κ3) is 3.75. The van der Waals surface area contributed by atoms with Crippen molar-refractivity contribution in [3.63, 3.8) is 0 Å². The largest absolute Gasteiger partial charge is 0.349 e. The van der Waals surface area contributed by atoms with Crippen molar-refractivity contribution in [3.8, 4) is 10.8 Å². The summed E-state index contributed by atoms with van der Waals surface area (Å²) in [5.74, 6) is 0.896. The van der Waals surface area contributed by atoms with E-state index in [0.717, 1.165) is 20.1 Å². The Morgan fingerprint density at radius 1 is 1.16 bits per heavy atom. The van der Waals surface area contributed by atoms with E-state index in [1.165, 1.54) is 11.3 Å². The van der Waals surface area contributed by atoms with E-state index in [-0.39, 0.29) is 12.5 Å². The number of thiazole rings is 1. The average Bonchev–Trinajstić information content (AvgIpc) is 3.37. The van der Waals surface area contributed by atoms with Crippen molar-refractivity contribution in [3.05, 3.63) is 52.6 Å². The van der Waals surface area contributed by atoms with E-state index >= 15 is 0 Å². The van der Waals surface area contributed by atoms with Gasteiger partial charge < -0.3 is 9.84 Å². The lowest BCUT2D eigenvalue weighted by Gasteiger charge is -2.00. The fraction of sp³-hybridized carbons (Fsp3) is 0.176. The standard InChI is InChI=1S/C17H14N4O2S2/c22-15(7-8-16-19-11-4-1-2-5-12(11)25-16)18-10-14-20-17(23-21-14)13-6-3-9-24-13/h1-6,9H,7-8,10H2,(H,18,22). The third-order valence-corrected chi connectivity index (χ3v) is 5.50. The van der Waals surface area contributed by atoms with Crippen molar-refractivity contribution in [1.82, 2.24) is 20.4 Å². The summed E-state index contributed by atoms with van der Waals surface area (Å²) in [6.07, 6.45) is 1.01. The highest BCUT2D eigenvalue weighted by Crippen LogP contribution is 2.23. The number of aryl methyl sites for hydroxylation is 1. The molecule has 0 bridgehead atoms. The molecule has 0 aliphatic rings. The first-order valence-electron chi connectivity index (χ1n) is 7.75. The zero-order chi connectivity index (χ0) is 17.1. The third-order valence-electron chi connectivity index (χ3n) is 3.55. The summed E-state index contributed by atoms with van der Waals surface area (Å²) in [5.41, 5.74) is 0.982. The molecule has 4 aromatic rings. The van der Waals surface area contributed by atoms with Gasteiger partial charge in [0.25, 0.3) is 5.89 Å². The lowest BCUT2D eigenvalue weighted by atomic mass is 10.3. The number of thiophene rings is 1. The number of aromatic nitrogens is 3. The van der Waals surface area contributed by atoms with Crippen LogP contribution in [0.2, 0.25) is 0 Å². The van der Waals surface area contributed by atoms with Gasteiger partial charge in [-0.1, -0.05) is 23.4 Å². The maximum Gasteiger partial charge on any atom is 0.268 e. The van der Waals surface area contributed by atoms with Crippen LogP contribution in [0.15, 0.2) is 46.3 Å². The van der Waals surface area contributed by atoms with E-state index in [9.17, 15) is 4.79 Å². The van der Waals surface area contributed by atoms with Crippen molar-refractivity contribution >= 4 is 38.8 Å². The first-order chi connectivity index (χ1) is 12.3. The fourth-order valence-electron chi connectivity index (χ4n) is 2.34. The Hall–Kier alpha value is -2.58. The lowest BCUT2D eigenvalue weighted by molar-refractivity contribution is -0.121. The van der Waals surface area contributed by atoms with Gasteiger partial charge in [0, 0.05) is 12.8 Å². The molecule has 0 aliphatic heterocycles. The Kier molecular flexibility index (Phi) is 4.53. The van der Waals surface area contributed by atoms with Crippen LogP contribution in [0, 0.1) is 0 Å². The minimum Gasteiger partial charge on any atom is -0.349 e. The van der Waals surface area contributed by atoms with Crippen LogP contribution >= 0.6 is 22.7 Å². The van der Waals surface area contributed by atoms with Crippen LogP contribution in [0.3, 0.4) is 0 Å². The molecule has 0 fully saturated rings. The number of carbonyl (C=O) groups is 1. The number of nitrogens with zero attached hydrogens (tertiary/aromatic N) is 3. The molecule has 8 heteroatoms. The highest BCUT2D eigenvalue weighted by molar-refractivity contribution is 7.18. The molecule has 0 saturated heterocycles. The van der Waals surface area contributed by atoms with Gasteiger partial charge in [0.1, 0.15) is 0 Å². The fourth-order valence-corrected chi connectivity index (χ4v) is 3.95. The predicted molar refractivity (Wildman–Crippen MR) is 97.4 cm³/mol. The highest BCUT2D eigenvalue weighted by atomic mass is 32.1. The number of carbonyl (C=O) groups excluding carboxylic acids is 1. The number of fused-ring (bicyclic) bond motifs is 1. The van der Waals surface area contributed by atoms with Gasteiger partial charge in [-0.15, -0.1) is 22.7 Å². The Morgan fingerprint density at radius 3 is 2.92 bits per heavy atom. The van der Waals surface area contributed by atoms with E-state index in [1.54, 1.807) is 11.3 Å². The maximum atomic E-state index is 12.0. The molecule has 0 unspecified atom stereocenters. The van der Waals surface area contributed by atoms with Crippen LogP contribution in [0.1, 0.15) is 17.3 Å². The molecule has 0 spiro atoms. The van der Waals surface area contributed by atoms with Gasteiger partial charge in [-0.2, -0.15) is 4.98 Å². The number of para-hydroxylation sites is 1. The van der Waals surface area contributed by atoms with E-state index < -0.39 is 0 Å². The van der Waals surface area contributed by atoms with Crippen molar-refractivity contribution in [2.24, 2.45) is 0 Å². The summed E-state index contributed by atoms with van der Waals surface area (Å²) in [4.78, 5) is 21.8. The van der Waals surface area contributed by atoms with Gasteiger partial charge in [-0.25, -0.2) is 4.98 Å². The van der Waals surface area contributed by atoms with Gasteiger partial charge >= 0.3 is 0 Å². The summed E-state index contributed by atoms with van der Waals surface area (Å²) in [6.45, 7) is 0.257. The molecular formula is C17H14N4O2S2. The average molecular weight is 370 g/mol. The van der Waals surface area contributed by atoms with E-state index in [4.69, 9.17) is 4.52 Å². The van der Waals surface area contributed by atoms with Gasteiger partial charge in [0.2, 0.25) is 5.91 Å². The quantitative estimate of drug-likeness (QED) is 0.560. The van der Waals surface area contributed by atoms with Crippen LogP contribution in [-0.2, 0) is 17.8 Å². The van der Waals surface area contributed by atoms with Crippen LogP contribution in [0.5, 0.6) is 0 Å². The molecular weight excluding hydrogens is 356 g/mol. The molecule has 25 heavy (non-hydrogen) atoms. The lowest BCUT2D eigenvalue weighted by Crippen LogP contribution is -2.23. The van der Waals surface area contributed by atoms with Crippen molar-refractivity contribution in [2.75, 3.05) is 0 Å². The monoisotopic (exact) mass is 370 g/mol. The number of hydrogen-bond donors (Lipinski definition) is 1. The summed E-state index contributed by atoms with van der Waals surface area (Å²) >= 11 is 3.16. The summed E-state index contributed by atoms with van der Waals surface area (Å²) in [6, 6.07) is 11.8. The van der Waals surface area contributed by atoms with Crippen LogP contribution in [-0.4, -0.2) is 21.0 Å². The Labute approximate surface area is 151 Å². The number of rotatable bonds is 6.